The van der Waals surface area contributed by atoms with Crippen LogP contribution in [0.5, 0.6) is 11.5 Å². The Balaban J connectivity index is 2.07. The number of ether oxygens (including phenoxy) is 2. The maximum absolute atomic E-state index is 13.2. The maximum atomic E-state index is 13.2. The molecule has 110 valence electrons. The highest BCUT2D eigenvalue weighted by Crippen LogP contribution is 2.54. The number of hydrogen-bond acceptors (Lipinski definition) is 3. The standard InChI is InChI=1S/C12H10BrF4NO2/c13-7-4-9-8(3-6(7)10(5-18)1-2-10)19-11(14,15)12(16,17)20-9/h3-4H,1-2,5,18H2. The molecule has 0 atom stereocenters. The molecule has 2 aliphatic rings. The van der Waals surface area contributed by atoms with Crippen LogP contribution in [-0.4, -0.2) is 18.8 Å². The molecule has 2 N–H and O–H groups in total. The summed E-state index contributed by atoms with van der Waals surface area (Å²) in [4.78, 5) is 0. The van der Waals surface area contributed by atoms with Crippen molar-refractivity contribution >= 4 is 15.9 Å². The van der Waals surface area contributed by atoms with Gasteiger partial charge in [-0.3, -0.25) is 0 Å². The van der Waals surface area contributed by atoms with E-state index in [4.69, 9.17) is 5.73 Å². The Morgan fingerprint density at radius 3 is 2.00 bits per heavy atom. The van der Waals surface area contributed by atoms with Gasteiger partial charge in [0.2, 0.25) is 0 Å². The van der Waals surface area contributed by atoms with Crippen LogP contribution in [0.3, 0.4) is 0 Å². The van der Waals surface area contributed by atoms with E-state index in [0.717, 1.165) is 12.8 Å². The van der Waals surface area contributed by atoms with Gasteiger partial charge in [0.15, 0.2) is 11.5 Å². The van der Waals surface area contributed by atoms with Crippen molar-refractivity contribution < 1.29 is 27.0 Å². The molecule has 3 nitrogen and oxygen atoms in total. The minimum absolute atomic E-state index is 0.299. The summed E-state index contributed by atoms with van der Waals surface area (Å²) in [7, 11) is 0. The van der Waals surface area contributed by atoms with Crippen molar-refractivity contribution in [1.82, 2.24) is 0 Å². The minimum Gasteiger partial charge on any atom is -0.421 e. The molecule has 0 unspecified atom stereocenters. The summed E-state index contributed by atoms with van der Waals surface area (Å²) in [6.07, 6.45) is -7.78. The number of rotatable bonds is 2. The number of alkyl halides is 4. The van der Waals surface area contributed by atoms with Crippen molar-refractivity contribution in [2.24, 2.45) is 5.73 Å². The first kappa shape index (κ1) is 13.9. The molecular formula is C12H10BrF4NO2. The first-order chi connectivity index (χ1) is 9.21. The van der Waals surface area contributed by atoms with E-state index in [1.165, 1.54) is 12.1 Å². The monoisotopic (exact) mass is 355 g/mol. The fraction of sp³-hybridized carbons (Fsp3) is 0.500. The molecule has 1 heterocycles. The molecule has 0 aromatic heterocycles. The SMILES string of the molecule is NCC1(c2cc3c(cc2Br)OC(F)(F)C(F)(F)O3)CC1. The molecule has 0 saturated heterocycles. The predicted octanol–water partition coefficient (Wildman–Crippen LogP) is 3.40. The Morgan fingerprint density at radius 2 is 1.55 bits per heavy atom. The van der Waals surface area contributed by atoms with E-state index >= 15 is 0 Å². The van der Waals surface area contributed by atoms with Crippen LogP contribution in [0.4, 0.5) is 17.6 Å². The fourth-order valence-electron chi connectivity index (χ4n) is 2.23. The van der Waals surface area contributed by atoms with Gasteiger partial charge in [0.25, 0.3) is 0 Å². The second-order valence-corrected chi connectivity index (χ2v) is 5.86. The highest BCUT2D eigenvalue weighted by Gasteiger charge is 2.66. The number of benzene rings is 1. The van der Waals surface area contributed by atoms with E-state index in [9.17, 15) is 17.6 Å². The van der Waals surface area contributed by atoms with Gasteiger partial charge in [0.1, 0.15) is 0 Å². The lowest BCUT2D eigenvalue weighted by Gasteiger charge is -2.32. The van der Waals surface area contributed by atoms with Crippen LogP contribution in [0.15, 0.2) is 16.6 Å². The molecule has 0 spiro atoms. The second kappa shape index (κ2) is 4.00. The number of halogens is 5. The average molecular weight is 356 g/mol. The van der Waals surface area contributed by atoms with E-state index in [1.807, 2.05) is 0 Å². The topological polar surface area (TPSA) is 44.5 Å². The van der Waals surface area contributed by atoms with Crippen LogP contribution in [0.2, 0.25) is 0 Å². The summed E-state index contributed by atoms with van der Waals surface area (Å²) in [5.74, 6) is -0.830. The second-order valence-electron chi connectivity index (χ2n) is 5.00. The van der Waals surface area contributed by atoms with Crippen LogP contribution in [0, 0.1) is 0 Å². The predicted molar refractivity (Wildman–Crippen MR) is 65.3 cm³/mol. The first-order valence-electron chi connectivity index (χ1n) is 5.89. The highest BCUT2D eigenvalue weighted by atomic mass is 79.9. The summed E-state index contributed by atoms with van der Waals surface area (Å²) >= 11 is 3.23. The maximum Gasteiger partial charge on any atom is 0.507 e. The quantitative estimate of drug-likeness (QED) is 0.827. The largest absolute Gasteiger partial charge is 0.507 e. The molecule has 3 rings (SSSR count). The van der Waals surface area contributed by atoms with Gasteiger partial charge in [-0.15, -0.1) is 0 Å². The molecule has 1 aromatic rings. The van der Waals surface area contributed by atoms with Crippen molar-refractivity contribution in [2.75, 3.05) is 6.54 Å². The molecule has 0 radical (unpaired) electrons. The van der Waals surface area contributed by atoms with Crippen molar-refractivity contribution in [2.45, 2.75) is 30.5 Å². The van der Waals surface area contributed by atoms with Gasteiger partial charge in [-0.2, -0.15) is 17.6 Å². The molecular weight excluding hydrogens is 346 g/mol. The van der Waals surface area contributed by atoms with E-state index in [0.29, 0.717) is 16.6 Å². The molecule has 1 aliphatic heterocycles. The van der Waals surface area contributed by atoms with Crippen LogP contribution in [0.1, 0.15) is 18.4 Å². The summed E-state index contributed by atoms with van der Waals surface area (Å²) in [5, 5.41) is 0. The van der Waals surface area contributed by atoms with Crippen molar-refractivity contribution in [3.63, 3.8) is 0 Å². The molecule has 1 aliphatic carbocycles. The average Bonchev–Trinajstić information content (AvgIpc) is 3.11. The number of hydrogen-bond donors (Lipinski definition) is 1. The van der Waals surface area contributed by atoms with Gasteiger partial charge in [0, 0.05) is 16.4 Å². The summed E-state index contributed by atoms with van der Waals surface area (Å²) in [5.41, 5.74) is 6.05. The summed E-state index contributed by atoms with van der Waals surface area (Å²) < 4.78 is 61.1. The number of fused-ring (bicyclic) bond motifs is 1. The minimum atomic E-state index is -4.70. The van der Waals surface area contributed by atoms with Crippen LogP contribution < -0.4 is 15.2 Å². The molecule has 0 amide bonds. The Bertz CT molecular complexity index is 575. The molecule has 1 saturated carbocycles. The zero-order chi connectivity index (χ0) is 14.8. The Kier molecular flexibility index (Phi) is 2.79. The third-order valence-electron chi connectivity index (χ3n) is 3.66. The zero-order valence-electron chi connectivity index (χ0n) is 10.1. The van der Waals surface area contributed by atoms with Crippen LogP contribution in [0.25, 0.3) is 0 Å². The normalized spacial score (nSPS) is 24.3. The van der Waals surface area contributed by atoms with Gasteiger partial charge in [-0.1, -0.05) is 15.9 Å². The Morgan fingerprint density at radius 1 is 1.05 bits per heavy atom. The van der Waals surface area contributed by atoms with Crippen LogP contribution >= 0.6 is 15.9 Å². The fourth-order valence-corrected chi connectivity index (χ4v) is 2.97. The first-order valence-corrected chi connectivity index (χ1v) is 6.68. The molecule has 20 heavy (non-hydrogen) atoms. The van der Waals surface area contributed by atoms with Gasteiger partial charge in [0.05, 0.1) is 0 Å². The third-order valence-corrected chi connectivity index (χ3v) is 4.32. The molecule has 1 fully saturated rings. The Hall–Kier alpha value is -1.02. The highest BCUT2D eigenvalue weighted by molar-refractivity contribution is 9.10. The molecule has 0 bridgehead atoms. The van der Waals surface area contributed by atoms with Crippen molar-refractivity contribution in [3.05, 3.63) is 22.2 Å². The van der Waals surface area contributed by atoms with Gasteiger partial charge in [-0.25, -0.2) is 0 Å². The van der Waals surface area contributed by atoms with Gasteiger partial charge >= 0.3 is 12.2 Å². The Labute approximate surface area is 120 Å². The lowest BCUT2D eigenvalue weighted by atomic mass is 9.95. The molecule has 1 aromatic carbocycles. The lowest BCUT2D eigenvalue weighted by Crippen LogP contribution is -2.52. The smallest absolute Gasteiger partial charge is 0.421 e. The lowest BCUT2D eigenvalue weighted by molar-refractivity contribution is -0.391. The summed E-state index contributed by atoms with van der Waals surface area (Å²) in [6.45, 7) is 0.345. The zero-order valence-corrected chi connectivity index (χ0v) is 11.6. The van der Waals surface area contributed by atoms with E-state index in [-0.39, 0.29) is 5.41 Å². The van der Waals surface area contributed by atoms with Gasteiger partial charge < -0.3 is 15.2 Å². The molecule has 8 heteroatoms. The number of nitrogens with two attached hydrogens (primary N) is 1. The summed E-state index contributed by atoms with van der Waals surface area (Å²) in [6, 6.07) is 2.51. The van der Waals surface area contributed by atoms with Crippen LogP contribution in [-0.2, 0) is 5.41 Å². The van der Waals surface area contributed by atoms with Gasteiger partial charge in [-0.05, 0) is 30.5 Å². The van der Waals surface area contributed by atoms with Crippen molar-refractivity contribution in [3.8, 4) is 11.5 Å². The van der Waals surface area contributed by atoms with Crippen molar-refractivity contribution in [1.29, 1.82) is 0 Å². The third kappa shape index (κ3) is 1.88. The van der Waals surface area contributed by atoms with E-state index < -0.39 is 23.7 Å². The van der Waals surface area contributed by atoms with E-state index in [2.05, 4.69) is 25.4 Å². The van der Waals surface area contributed by atoms with E-state index in [1.54, 1.807) is 0 Å².